The molecule has 98 valence electrons. The summed E-state index contributed by atoms with van der Waals surface area (Å²) in [5.41, 5.74) is 2.53. The monoisotopic (exact) mass is 265 g/mol. The van der Waals surface area contributed by atoms with Gasteiger partial charge in [0.1, 0.15) is 0 Å². The molecule has 0 unspecified atom stereocenters. The summed E-state index contributed by atoms with van der Waals surface area (Å²) in [4.78, 5) is 0.440. The molecule has 3 nitrogen and oxygen atoms in total. The van der Waals surface area contributed by atoms with Gasteiger partial charge in [0.25, 0.3) is 0 Å². The van der Waals surface area contributed by atoms with Crippen molar-refractivity contribution in [3.05, 3.63) is 29.3 Å². The lowest BCUT2D eigenvalue weighted by atomic mass is 10.1. The average molecular weight is 265 g/mol. The van der Waals surface area contributed by atoms with Gasteiger partial charge in [-0.25, -0.2) is 13.1 Å². The summed E-state index contributed by atoms with van der Waals surface area (Å²) in [6.45, 7) is 0. The van der Waals surface area contributed by atoms with Crippen molar-refractivity contribution >= 4 is 10.0 Å². The predicted molar refractivity (Wildman–Crippen MR) is 71.0 cm³/mol. The molecule has 0 amide bonds. The van der Waals surface area contributed by atoms with Crippen molar-refractivity contribution in [3.63, 3.8) is 0 Å². The maximum Gasteiger partial charge on any atom is 0.240 e. The molecule has 1 saturated carbocycles. The lowest BCUT2D eigenvalue weighted by molar-refractivity contribution is 0.552. The van der Waals surface area contributed by atoms with Gasteiger partial charge in [0.2, 0.25) is 10.0 Å². The van der Waals surface area contributed by atoms with Gasteiger partial charge in [-0.3, -0.25) is 0 Å². The van der Waals surface area contributed by atoms with Crippen LogP contribution in [0.25, 0.3) is 0 Å². The van der Waals surface area contributed by atoms with Gasteiger partial charge in [-0.05, 0) is 55.4 Å². The number of sulfonamides is 1. The summed E-state index contributed by atoms with van der Waals surface area (Å²) >= 11 is 0. The highest BCUT2D eigenvalue weighted by molar-refractivity contribution is 7.89. The molecule has 0 atom stereocenters. The van der Waals surface area contributed by atoms with E-state index in [1.165, 1.54) is 11.1 Å². The molecule has 18 heavy (non-hydrogen) atoms. The third-order valence-corrected chi connectivity index (χ3v) is 5.58. The Kier molecular flexibility index (Phi) is 3.16. The predicted octanol–water partition coefficient (Wildman–Crippen LogP) is 2.40. The minimum Gasteiger partial charge on any atom is -0.208 e. The molecule has 2 aliphatic carbocycles. The third-order valence-electron chi connectivity index (χ3n) is 4.06. The molecule has 0 aliphatic heterocycles. The fraction of sp³-hybridized carbons (Fsp3) is 0.571. The highest BCUT2D eigenvalue weighted by Gasteiger charge is 2.24. The minimum atomic E-state index is -3.32. The Morgan fingerprint density at radius 3 is 2.50 bits per heavy atom. The zero-order chi connectivity index (χ0) is 12.6. The minimum absolute atomic E-state index is 0.142. The first-order valence-corrected chi connectivity index (χ1v) is 8.28. The first-order valence-electron chi connectivity index (χ1n) is 6.79. The van der Waals surface area contributed by atoms with Crippen LogP contribution in [0.4, 0.5) is 0 Å². The fourth-order valence-corrected chi connectivity index (χ4v) is 4.40. The van der Waals surface area contributed by atoms with Crippen LogP contribution in [-0.2, 0) is 22.9 Å². The number of nitrogens with one attached hydrogen (secondary N) is 1. The largest absolute Gasteiger partial charge is 0.240 e. The SMILES string of the molecule is O=S(=O)(NC1CCCC1)c1ccc2c(c1)CCC2. The van der Waals surface area contributed by atoms with Crippen LogP contribution in [0.5, 0.6) is 0 Å². The average Bonchev–Trinajstić information content (AvgIpc) is 2.97. The highest BCUT2D eigenvalue weighted by atomic mass is 32.2. The normalized spacial score (nSPS) is 20.2. The molecule has 4 heteroatoms. The summed E-state index contributed by atoms with van der Waals surface area (Å²) in [7, 11) is -3.32. The number of benzene rings is 1. The molecule has 0 aromatic heterocycles. The van der Waals surface area contributed by atoms with E-state index in [9.17, 15) is 8.42 Å². The van der Waals surface area contributed by atoms with Crippen molar-refractivity contribution in [1.29, 1.82) is 0 Å². The topological polar surface area (TPSA) is 46.2 Å². The van der Waals surface area contributed by atoms with E-state index in [1.54, 1.807) is 6.07 Å². The van der Waals surface area contributed by atoms with Crippen molar-refractivity contribution in [3.8, 4) is 0 Å². The van der Waals surface area contributed by atoms with Crippen molar-refractivity contribution < 1.29 is 8.42 Å². The summed E-state index contributed by atoms with van der Waals surface area (Å²) in [5.74, 6) is 0. The summed E-state index contributed by atoms with van der Waals surface area (Å²) < 4.78 is 27.4. The Morgan fingerprint density at radius 2 is 1.72 bits per heavy atom. The second-order valence-corrected chi connectivity index (χ2v) is 7.10. The summed E-state index contributed by atoms with van der Waals surface area (Å²) in [6, 6.07) is 5.73. The molecule has 0 heterocycles. The Bertz CT molecular complexity index is 545. The molecular formula is C14H19NO2S. The van der Waals surface area contributed by atoms with Gasteiger partial charge in [-0.15, -0.1) is 0 Å². The molecule has 3 rings (SSSR count). The Labute approximate surface area is 109 Å². The number of hydrogen-bond donors (Lipinski definition) is 1. The van der Waals surface area contributed by atoms with E-state index in [1.807, 2.05) is 12.1 Å². The van der Waals surface area contributed by atoms with Crippen molar-refractivity contribution in [1.82, 2.24) is 4.72 Å². The van der Waals surface area contributed by atoms with E-state index in [0.717, 1.165) is 44.9 Å². The first kappa shape index (κ1) is 12.2. The second kappa shape index (κ2) is 4.67. The van der Waals surface area contributed by atoms with Gasteiger partial charge >= 0.3 is 0 Å². The number of hydrogen-bond acceptors (Lipinski definition) is 2. The van der Waals surface area contributed by atoms with E-state index >= 15 is 0 Å². The Balaban J connectivity index is 1.84. The molecule has 0 saturated heterocycles. The van der Waals surface area contributed by atoms with E-state index in [2.05, 4.69) is 4.72 Å². The van der Waals surface area contributed by atoms with Gasteiger partial charge < -0.3 is 0 Å². The van der Waals surface area contributed by atoms with Crippen LogP contribution >= 0.6 is 0 Å². The van der Waals surface area contributed by atoms with Crippen molar-refractivity contribution in [2.45, 2.75) is 55.9 Å². The quantitative estimate of drug-likeness (QED) is 0.912. The molecule has 1 aromatic rings. The van der Waals surface area contributed by atoms with Gasteiger partial charge in [0.15, 0.2) is 0 Å². The fourth-order valence-electron chi connectivity index (χ4n) is 3.05. The number of fused-ring (bicyclic) bond motifs is 1. The standard InChI is InChI=1S/C14H19NO2S/c16-18(17,15-13-6-1-2-7-13)14-9-8-11-4-3-5-12(11)10-14/h8-10,13,15H,1-7H2. The molecule has 1 fully saturated rings. The summed E-state index contributed by atoms with van der Waals surface area (Å²) in [5, 5.41) is 0. The molecule has 1 aromatic carbocycles. The van der Waals surface area contributed by atoms with Crippen LogP contribution < -0.4 is 4.72 Å². The van der Waals surface area contributed by atoms with E-state index < -0.39 is 10.0 Å². The lowest BCUT2D eigenvalue weighted by Crippen LogP contribution is -2.32. The zero-order valence-electron chi connectivity index (χ0n) is 10.5. The van der Waals surface area contributed by atoms with Gasteiger partial charge in [-0.2, -0.15) is 0 Å². The van der Waals surface area contributed by atoms with E-state index in [4.69, 9.17) is 0 Å². The zero-order valence-corrected chi connectivity index (χ0v) is 11.3. The van der Waals surface area contributed by atoms with E-state index in [0.29, 0.717) is 4.90 Å². The Hall–Kier alpha value is -0.870. The first-order chi connectivity index (χ1) is 8.65. The maximum absolute atomic E-state index is 12.3. The smallest absolute Gasteiger partial charge is 0.208 e. The van der Waals surface area contributed by atoms with Gasteiger partial charge in [0, 0.05) is 6.04 Å². The van der Waals surface area contributed by atoms with Gasteiger partial charge in [0.05, 0.1) is 4.90 Å². The van der Waals surface area contributed by atoms with Crippen LogP contribution in [0.15, 0.2) is 23.1 Å². The van der Waals surface area contributed by atoms with Crippen LogP contribution in [0.1, 0.15) is 43.2 Å². The number of aryl methyl sites for hydroxylation is 2. The number of rotatable bonds is 3. The Morgan fingerprint density at radius 1 is 1.00 bits per heavy atom. The van der Waals surface area contributed by atoms with Crippen molar-refractivity contribution in [2.24, 2.45) is 0 Å². The molecule has 1 N–H and O–H groups in total. The molecule has 2 aliphatic rings. The van der Waals surface area contributed by atoms with Crippen molar-refractivity contribution in [2.75, 3.05) is 0 Å². The second-order valence-electron chi connectivity index (χ2n) is 5.39. The van der Waals surface area contributed by atoms with Crippen LogP contribution in [-0.4, -0.2) is 14.5 Å². The molecule has 0 bridgehead atoms. The maximum atomic E-state index is 12.3. The summed E-state index contributed by atoms with van der Waals surface area (Å²) in [6.07, 6.45) is 7.48. The third kappa shape index (κ3) is 2.31. The highest BCUT2D eigenvalue weighted by Crippen LogP contribution is 2.26. The molecule has 0 radical (unpaired) electrons. The molecular weight excluding hydrogens is 246 g/mol. The van der Waals surface area contributed by atoms with Gasteiger partial charge in [-0.1, -0.05) is 18.9 Å². The van der Waals surface area contributed by atoms with Crippen LogP contribution in [0.3, 0.4) is 0 Å². The lowest BCUT2D eigenvalue weighted by Gasteiger charge is -2.13. The van der Waals surface area contributed by atoms with Crippen LogP contribution in [0, 0.1) is 0 Å². The molecule has 0 spiro atoms. The van der Waals surface area contributed by atoms with E-state index in [-0.39, 0.29) is 6.04 Å². The van der Waals surface area contributed by atoms with Crippen LogP contribution in [0.2, 0.25) is 0 Å².